The summed E-state index contributed by atoms with van der Waals surface area (Å²) >= 11 is 0. The van der Waals surface area contributed by atoms with Gasteiger partial charge in [0, 0.05) is 24.1 Å². The molecule has 8 nitrogen and oxygen atoms in total. The predicted molar refractivity (Wildman–Crippen MR) is 196 cm³/mol. The molecule has 10 rings (SSSR count). The van der Waals surface area contributed by atoms with Crippen molar-refractivity contribution in [2.45, 2.75) is 88.7 Å². The molecule has 51 heavy (non-hydrogen) atoms. The van der Waals surface area contributed by atoms with Crippen LogP contribution in [0, 0.1) is 17.8 Å². The van der Waals surface area contributed by atoms with Gasteiger partial charge in [-0.15, -0.1) is 0 Å². The maximum atomic E-state index is 13.3. The minimum atomic E-state index is -0.555. The standard InChI is InChI=1S/C43H46N4O4/c48-26-28-9-11-33(12-10-28)40-20-36(25-47-27-45-38-7-3-4-8-39(38)47)50-41(51-40)34-15-13-32(14-16-34)37-6-2-1-5-35(37)24-44-42(49)46-43-21-29-17-30(22-43)19-31(18-29)23-43/h1-16,27,29-31,36,40-41,48H,17-26H2,(H2,44,46,49)/t29?,30?,31?,36-,40+,41+,43?/m1/s1. The molecule has 4 bridgehead atoms. The number of rotatable bonds is 9. The van der Waals surface area contributed by atoms with Crippen molar-refractivity contribution in [3.8, 4) is 11.1 Å². The second-order valence-corrected chi connectivity index (χ2v) is 15.5. The summed E-state index contributed by atoms with van der Waals surface area (Å²) in [6, 6.07) is 32.8. The number of aromatic nitrogens is 2. The molecule has 4 aromatic carbocycles. The van der Waals surface area contributed by atoms with Crippen LogP contribution in [0.1, 0.15) is 79.6 Å². The highest BCUT2D eigenvalue weighted by molar-refractivity contribution is 5.76. The minimum Gasteiger partial charge on any atom is -0.392 e. The highest BCUT2D eigenvalue weighted by Crippen LogP contribution is 2.55. The zero-order valence-electron chi connectivity index (χ0n) is 28.9. The third-order valence-corrected chi connectivity index (χ3v) is 11.9. The lowest BCUT2D eigenvalue weighted by Crippen LogP contribution is -2.61. The Hall–Kier alpha value is -4.50. The SMILES string of the molecule is O=C(NCc1ccccc1-c1ccc([C@H]2O[C@@H](Cn3cnc4ccccc43)C[C@@H](c3ccc(CO)cc3)O2)cc1)NC12CC3CC(CC(C3)C1)C2. The molecular formula is C43H46N4O4. The Morgan fingerprint density at radius 3 is 2.24 bits per heavy atom. The van der Waals surface area contributed by atoms with Gasteiger partial charge in [-0.25, -0.2) is 9.78 Å². The van der Waals surface area contributed by atoms with Crippen molar-refractivity contribution in [1.82, 2.24) is 20.2 Å². The van der Waals surface area contributed by atoms with Crippen molar-refractivity contribution in [2.75, 3.05) is 0 Å². The van der Waals surface area contributed by atoms with Gasteiger partial charge in [-0.2, -0.15) is 0 Å². The molecule has 1 aromatic heterocycles. The fourth-order valence-corrected chi connectivity index (χ4v) is 9.91. The number of aliphatic hydroxyl groups is 1. The first-order valence-corrected chi connectivity index (χ1v) is 18.6. The van der Waals surface area contributed by atoms with Crippen LogP contribution in [0.15, 0.2) is 103 Å². The third-order valence-electron chi connectivity index (χ3n) is 11.9. The van der Waals surface area contributed by atoms with Crippen molar-refractivity contribution >= 4 is 17.1 Å². The number of nitrogens with one attached hydrogen (secondary N) is 2. The number of benzene rings is 4. The van der Waals surface area contributed by atoms with Crippen molar-refractivity contribution in [3.05, 3.63) is 126 Å². The molecule has 8 heteroatoms. The van der Waals surface area contributed by atoms with E-state index in [-0.39, 0.29) is 30.4 Å². The molecule has 4 aliphatic carbocycles. The van der Waals surface area contributed by atoms with E-state index in [4.69, 9.17) is 9.47 Å². The van der Waals surface area contributed by atoms with Gasteiger partial charge in [0.1, 0.15) is 0 Å². The van der Waals surface area contributed by atoms with Gasteiger partial charge in [0.2, 0.25) is 0 Å². The predicted octanol–water partition coefficient (Wildman–Crippen LogP) is 8.21. The number of carbonyl (C=O) groups is 1. The smallest absolute Gasteiger partial charge is 0.315 e. The fourth-order valence-electron chi connectivity index (χ4n) is 9.91. The van der Waals surface area contributed by atoms with E-state index in [1.165, 1.54) is 19.3 Å². The Kier molecular flexibility index (Phi) is 8.62. The minimum absolute atomic E-state index is 0.00838. The molecule has 1 saturated heterocycles. The molecule has 0 radical (unpaired) electrons. The summed E-state index contributed by atoms with van der Waals surface area (Å²) in [5.41, 5.74) is 8.16. The molecular weight excluding hydrogens is 636 g/mol. The first kappa shape index (κ1) is 32.4. The Morgan fingerprint density at radius 2 is 1.49 bits per heavy atom. The number of hydrogen-bond donors (Lipinski definition) is 3. The van der Waals surface area contributed by atoms with Crippen LogP contribution >= 0.6 is 0 Å². The van der Waals surface area contributed by atoms with E-state index < -0.39 is 6.29 Å². The van der Waals surface area contributed by atoms with E-state index in [1.807, 2.05) is 60.9 Å². The first-order valence-electron chi connectivity index (χ1n) is 18.6. The van der Waals surface area contributed by atoms with Crippen molar-refractivity contribution in [2.24, 2.45) is 17.8 Å². The molecule has 0 unspecified atom stereocenters. The summed E-state index contributed by atoms with van der Waals surface area (Å²) in [5.74, 6) is 2.37. The second-order valence-electron chi connectivity index (χ2n) is 15.5. The third kappa shape index (κ3) is 6.68. The lowest BCUT2D eigenvalue weighted by molar-refractivity contribution is -0.252. The van der Waals surface area contributed by atoms with Crippen LogP contribution in [0.4, 0.5) is 4.79 Å². The molecule has 5 aromatic rings. The summed E-state index contributed by atoms with van der Waals surface area (Å²) in [7, 11) is 0. The van der Waals surface area contributed by atoms with E-state index in [0.717, 1.165) is 81.4 Å². The van der Waals surface area contributed by atoms with Gasteiger partial charge in [0.15, 0.2) is 6.29 Å². The average Bonchev–Trinajstić information content (AvgIpc) is 3.56. The number of urea groups is 1. The van der Waals surface area contributed by atoms with Crippen LogP contribution in [-0.4, -0.2) is 32.3 Å². The quantitative estimate of drug-likeness (QED) is 0.146. The number of aliphatic hydroxyl groups excluding tert-OH is 1. The van der Waals surface area contributed by atoms with Crippen LogP contribution in [0.5, 0.6) is 0 Å². The fraction of sp³-hybridized carbons (Fsp3) is 0.395. The number of hydrogen-bond acceptors (Lipinski definition) is 5. The van der Waals surface area contributed by atoms with E-state index in [1.54, 1.807) is 0 Å². The molecule has 1 aliphatic heterocycles. The van der Waals surface area contributed by atoms with Gasteiger partial charge in [-0.3, -0.25) is 0 Å². The number of amides is 2. The van der Waals surface area contributed by atoms with Crippen LogP contribution in [0.2, 0.25) is 0 Å². The number of para-hydroxylation sites is 2. The molecule has 2 amide bonds. The topological polar surface area (TPSA) is 97.6 Å². The summed E-state index contributed by atoms with van der Waals surface area (Å²) in [4.78, 5) is 17.8. The van der Waals surface area contributed by atoms with Crippen molar-refractivity contribution in [1.29, 1.82) is 0 Å². The summed E-state index contributed by atoms with van der Waals surface area (Å²) in [6.45, 7) is 1.13. The van der Waals surface area contributed by atoms with Crippen LogP contribution in [-0.2, 0) is 29.2 Å². The summed E-state index contributed by atoms with van der Waals surface area (Å²) in [5, 5.41) is 16.2. The van der Waals surface area contributed by atoms with Gasteiger partial charge in [-0.1, -0.05) is 84.9 Å². The molecule has 3 N–H and O–H groups in total. The molecule has 262 valence electrons. The molecule has 2 heterocycles. The average molecular weight is 683 g/mol. The normalized spacial score (nSPS) is 28.2. The van der Waals surface area contributed by atoms with E-state index in [2.05, 4.69) is 62.6 Å². The maximum Gasteiger partial charge on any atom is 0.315 e. The molecule has 0 spiro atoms. The molecule has 4 saturated carbocycles. The van der Waals surface area contributed by atoms with Gasteiger partial charge >= 0.3 is 6.03 Å². The Morgan fingerprint density at radius 1 is 0.804 bits per heavy atom. The maximum absolute atomic E-state index is 13.3. The number of fused-ring (bicyclic) bond motifs is 1. The number of imidazole rings is 1. The zero-order valence-corrected chi connectivity index (χ0v) is 28.9. The zero-order chi connectivity index (χ0) is 34.4. The number of carbonyl (C=O) groups excluding carboxylic acids is 1. The van der Waals surface area contributed by atoms with Crippen molar-refractivity contribution in [3.63, 3.8) is 0 Å². The van der Waals surface area contributed by atoms with Crippen LogP contribution in [0.25, 0.3) is 22.2 Å². The van der Waals surface area contributed by atoms with E-state index >= 15 is 0 Å². The largest absolute Gasteiger partial charge is 0.392 e. The van der Waals surface area contributed by atoms with Crippen LogP contribution in [0.3, 0.4) is 0 Å². The van der Waals surface area contributed by atoms with E-state index in [0.29, 0.717) is 19.5 Å². The molecule has 3 atom stereocenters. The highest BCUT2D eigenvalue weighted by Gasteiger charge is 2.51. The van der Waals surface area contributed by atoms with Crippen molar-refractivity contribution < 1.29 is 19.4 Å². The number of nitrogens with zero attached hydrogens (tertiary/aromatic N) is 2. The first-order chi connectivity index (χ1) is 25.0. The van der Waals surface area contributed by atoms with Gasteiger partial charge in [0.25, 0.3) is 0 Å². The Labute approximate surface area is 299 Å². The van der Waals surface area contributed by atoms with Gasteiger partial charge < -0.3 is 29.8 Å². The van der Waals surface area contributed by atoms with Gasteiger partial charge in [-0.05, 0) is 96.2 Å². The van der Waals surface area contributed by atoms with Gasteiger partial charge in [0.05, 0.1) is 42.7 Å². The summed E-state index contributed by atoms with van der Waals surface area (Å²) in [6.07, 6.45) is 9.23. The number of ether oxygens (including phenoxy) is 2. The van der Waals surface area contributed by atoms with E-state index in [9.17, 15) is 9.90 Å². The Bertz CT molecular complexity index is 1970. The second kappa shape index (κ2) is 13.6. The Balaban J connectivity index is 0.907. The highest BCUT2D eigenvalue weighted by atomic mass is 16.7. The summed E-state index contributed by atoms with van der Waals surface area (Å²) < 4.78 is 15.5. The molecule has 5 fully saturated rings. The monoisotopic (exact) mass is 682 g/mol. The molecule has 5 aliphatic rings. The lowest BCUT2D eigenvalue weighted by Gasteiger charge is -2.56. The van der Waals surface area contributed by atoms with Crippen LogP contribution < -0.4 is 10.6 Å². The lowest BCUT2D eigenvalue weighted by atomic mass is 9.53.